The quantitative estimate of drug-likeness (QED) is 0.467. The van der Waals surface area contributed by atoms with Crippen LogP contribution in [0.4, 0.5) is 0 Å². The van der Waals surface area contributed by atoms with E-state index in [-0.39, 0.29) is 17.5 Å². The molecule has 2 N–H and O–H groups in total. The van der Waals surface area contributed by atoms with E-state index >= 15 is 0 Å². The number of aliphatic hydroxyl groups is 1. The van der Waals surface area contributed by atoms with Crippen molar-refractivity contribution in [2.75, 3.05) is 20.7 Å². The SMILES string of the molecule is CN(C)S(=O)(=O)c1cccc(C(CCO)n2cc(-c3ncnc4[nH]ccc34)cn2)c1. The lowest BCUT2D eigenvalue weighted by Gasteiger charge is -2.19. The van der Waals surface area contributed by atoms with Crippen molar-refractivity contribution in [3.05, 3.63) is 60.8 Å². The molecule has 0 spiro atoms. The third kappa shape index (κ3) is 3.60. The standard InChI is InChI=1S/C20H22N6O3S/c1-25(2)30(28,29)16-5-3-4-14(10-16)18(7-9-27)26-12-15(11-24-26)19-17-6-8-21-20(17)23-13-22-19/h3-6,8,10-13,18,27H,7,9H2,1-2H3,(H,21,22,23). The summed E-state index contributed by atoms with van der Waals surface area (Å²) in [6.45, 7) is -0.0694. The molecule has 10 heteroatoms. The number of rotatable bonds is 7. The van der Waals surface area contributed by atoms with Crippen LogP contribution in [0.5, 0.6) is 0 Å². The largest absolute Gasteiger partial charge is 0.396 e. The first-order chi connectivity index (χ1) is 14.4. The van der Waals surface area contributed by atoms with Gasteiger partial charge < -0.3 is 10.1 Å². The number of nitrogens with one attached hydrogen (secondary N) is 1. The van der Waals surface area contributed by atoms with Crippen LogP contribution in [-0.4, -0.2) is 63.3 Å². The number of aliphatic hydroxyl groups excluding tert-OH is 1. The van der Waals surface area contributed by atoms with Gasteiger partial charge in [0, 0.05) is 44.0 Å². The van der Waals surface area contributed by atoms with E-state index in [1.165, 1.54) is 24.7 Å². The third-order valence-corrected chi connectivity index (χ3v) is 6.78. The molecule has 0 aliphatic rings. The van der Waals surface area contributed by atoms with Crippen molar-refractivity contribution in [2.45, 2.75) is 17.4 Å². The van der Waals surface area contributed by atoms with Gasteiger partial charge >= 0.3 is 0 Å². The van der Waals surface area contributed by atoms with Crippen LogP contribution < -0.4 is 0 Å². The molecule has 0 saturated heterocycles. The van der Waals surface area contributed by atoms with Gasteiger partial charge in [-0.25, -0.2) is 22.7 Å². The number of aromatic amines is 1. The molecule has 9 nitrogen and oxygen atoms in total. The average Bonchev–Trinajstić information content (AvgIpc) is 3.41. The van der Waals surface area contributed by atoms with Gasteiger partial charge in [0.15, 0.2) is 0 Å². The monoisotopic (exact) mass is 426 g/mol. The van der Waals surface area contributed by atoms with E-state index in [9.17, 15) is 13.5 Å². The Labute approximate surface area is 174 Å². The molecule has 4 rings (SSSR count). The Balaban J connectivity index is 1.74. The predicted molar refractivity (Wildman–Crippen MR) is 112 cm³/mol. The summed E-state index contributed by atoms with van der Waals surface area (Å²) in [5.41, 5.74) is 3.04. The second-order valence-corrected chi connectivity index (χ2v) is 9.21. The Hall–Kier alpha value is -3.08. The van der Waals surface area contributed by atoms with Crippen molar-refractivity contribution in [1.82, 2.24) is 29.0 Å². The summed E-state index contributed by atoms with van der Waals surface area (Å²) in [7, 11) is -0.572. The number of fused-ring (bicyclic) bond motifs is 1. The second kappa shape index (κ2) is 7.98. The molecule has 0 aliphatic carbocycles. The Morgan fingerprint density at radius 1 is 1.23 bits per heavy atom. The van der Waals surface area contributed by atoms with Crippen LogP contribution in [0.15, 0.2) is 60.1 Å². The summed E-state index contributed by atoms with van der Waals surface area (Å²) in [6.07, 6.45) is 7.24. The molecule has 30 heavy (non-hydrogen) atoms. The van der Waals surface area contributed by atoms with Gasteiger partial charge in [0.05, 0.1) is 22.8 Å². The van der Waals surface area contributed by atoms with Gasteiger partial charge in [0.2, 0.25) is 10.0 Å². The van der Waals surface area contributed by atoms with Crippen LogP contribution in [0.3, 0.4) is 0 Å². The Morgan fingerprint density at radius 2 is 2.07 bits per heavy atom. The minimum absolute atomic E-state index is 0.0694. The number of aromatic nitrogens is 5. The zero-order valence-corrected chi connectivity index (χ0v) is 17.4. The van der Waals surface area contributed by atoms with E-state index in [1.807, 2.05) is 18.3 Å². The third-order valence-electron chi connectivity index (χ3n) is 4.97. The number of benzene rings is 1. The van der Waals surface area contributed by atoms with Gasteiger partial charge in [-0.1, -0.05) is 12.1 Å². The minimum atomic E-state index is -3.56. The average molecular weight is 427 g/mol. The highest BCUT2D eigenvalue weighted by atomic mass is 32.2. The normalized spacial score (nSPS) is 13.2. The van der Waals surface area contributed by atoms with Gasteiger partial charge in [-0.2, -0.15) is 5.10 Å². The molecule has 0 aliphatic heterocycles. The number of hydrogen-bond acceptors (Lipinski definition) is 6. The summed E-state index contributed by atoms with van der Waals surface area (Å²) < 4.78 is 28.0. The van der Waals surface area contributed by atoms with Gasteiger partial charge in [0.1, 0.15) is 12.0 Å². The van der Waals surface area contributed by atoms with Gasteiger partial charge in [-0.15, -0.1) is 0 Å². The summed E-state index contributed by atoms with van der Waals surface area (Å²) in [6, 6.07) is 8.31. The first-order valence-corrected chi connectivity index (χ1v) is 10.8. The fraction of sp³-hybridized carbons (Fsp3) is 0.250. The van der Waals surface area contributed by atoms with E-state index in [4.69, 9.17) is 0 Å². The van der Waals surface area contributed by atoms with E-state index in [1.54, 1.807) is 35.3 Å². The number of nitrogens with zero attached hydrogens (tertiary/aromatic N) is 5. The van der Waals surface area contributed by atoms with Gasteiger partial charge in [0.25, 0.3) is 0 Å². The Kier molecular flexibility index (Phi) is 5.37. The van der Waals surface area contributed by atoms with Crippen molar-refractivity contribution in [3.63, 3.8) is 0 Å². The van der Waals surface area contributed by atoms with E-state index < -0.39 is 10.0 Å². The number of hydrogen-bond donors (Lipinski definition) is 2. The van der Waals surface area contributed by atoms with Crippen LogP contribution in [-0.2, 0) is 10.0 Å². The molecule has 0 radical (unpaired) electrons. The summed E-state index contributed by atoms with van der Waals surface area (Å²) in [5, 5.41) is 15.0. The fourth-order valence-electron chi connectivity index (χ4n) is 3.40. The van der Waals surface area contributed by atoms with E-state index in [0.717, 1.165) is 27.9 Å². The lowest BCUT2D eigenvalue weighted by Crippen LogP contribution is -2.22. The maximum Gasteiger partial charge on any atom is 0.242 e. The highest BCUT2D eigenvalue weighted by Gasteiger charge is 2.21. The second-order valence-electron chi connectivity index (χ2n) is 7.06. The number of H-pyrrole nitrogens is 1. The summed E-state index contributed by atoms with van der Waals surface area (Å²) in [5.74, 6) is 0. The zero-order chi connectivity index (χ0) is 21.3. The van der Waals surface area contributed by atoms with E-state index in [2.05, 4.69) is 20.1 Å². The van der Waals surface area contributed by atoms with Crippen molar-refractivity contribution in [2.24, 2.45) is 0 Å². The maximum absolute atomic E-state index is 12.5. The highest BCUT2D eigenvalue weighted by Crippen LogP contribution is 2.29. The summed E-state index contributed by atoms with van der Waals surface area (Å²) in [4.78, 5) is 11.9. The molecular weight excluding hydrogens is 404 g/mol. The van der Waals surface area contributed by atoms with Crippen LogP contribution in [0.1, 0.15) is 18.0 Å². The molecule has 1 atom stereocenters. The van der Waals surface area contributed by atoms with Crippen LogP contribution in [0, 0.1) is 0 Å². The molecule has 4 aromatic rings. The van der Waals surface area contributed by atoms with E-state index in [0.29, 0.717) is 6.42 Å². The molecule has 0 saturated carbocycles. The van der Waals surface area contributed by atoms with Crippen molar-refractivity contribution in [1.29, 1.82) is 0 Å². The van der Waals surface area contributed by atoms with Crippen LogP contribution >= 0.6 is 0 Å². The molecule has 1 aromatic carbocycles. The molecule has 0 fully saturated rings. The van der Waals surface area contributed by atoms with Crippen LogP contribution in [0.2, 0.25) is 0 Å². The first kappa shape index (κ1) is 20.2. The molecule has 1 unspecified atom stereocenters. The molecule has 0 amide bonds. The highest BCUT2D eigenvalue weighted by molar-refractivity contribution is 7.89. The fourth-order valence-corrected chi connectivity index (χ4v) is 4.36. The zero-order valence-electron chi connectivity index (χ0n) is 16.6. The lowest BCUT2D eigenvalue weighted by atomic mass is 10.0. The predicted octanol–water partition coefficient (Wildman–Crippen LogP) is 2.04. The smallest absolute Gasteiger partial charge is 0.242 e. The van der Waals surface area contributed by atoms with Crippen molar-refractivity contribution >= 4 is 21.1 Å². The number of sulfonamides is 1. The van der Waals surface area contributed by atoms with Crippen molar-refractivity contribution < 1.29 is 13.5 Å². The maximum atomic E-state index is 12.5. The molecule has 3 aromatic heterocycles. The molecule has 156 valence electrons. The molecule has 0 bridgehead atoms. The Morgan fingerprint density at radius 3 is 2.83 bits per heavy atom. The molecular formula is C20H22N6O3S. The lowest BCUT2D eigenvalue weighted by molar-refractivity contribution is 0.263. The first-order valence-electron chi connectivity index (χ1n) is 9.38. The van der Waals surface area contributed by atoms with Crippen molar-refractivity contribution in [3.8, 4) is 11.3 Å². The van der Waals surface area contributed by atoms with Gasteiger partial charge in [-0.3, -0.25) is 4.68 Å². The van der Waals surface area contributed by atoms with Crippen LogP contribution in [0.25, 0.3) is 22.3 Å². The topological polar surface area (TPSA) is 117 Å². The minimum Gasteiger partial charge on any atom is -0.396 e. The van der Waals surface area contributed by atoms with Gasteiger partial charge in [-0.05, 0) is 30.2 Å². The molecule has 3 heterocycles. The Bertz CT molecular complexity index is 1280. The summed E-state index contributed by atoms with van der Waals surface area (Å²) >= 11 is 0.